The normalized spacial score (nSPS) is 12.7. The molecule has 0 amide bonds. The van der Waals surface area contributed by atoms with Gasteiger partial charge in [0.25, 0.3) is 0 Å². The molecule has 0 atom stereocenters. The maximum Gasteiger partial charge on any atom is 0.0933 e. The Morgan fingerprint density at radius 1 is 0.520 bits per heavy atom. The number of unbranched alkanes of at least 4 members (excludes halogenated alkanes) is 13. The monoisotopic (exact) mass is 354 g/mol. The minimum atomic E-state index is 0.431. The molecule has 0 fully saturated rings. The van der Waals surface area contributed by atoms with Gasteiger partial charge in [-0.25, -0.2) is 0 Å². The quantitative estimate of drug-likeness (QED) is 0.172. The Hall–Kier alpha value is -0.0400. The first-order valence-electron chi connectivity index (χ1n) is 11.8. The van der Waals surface area contributed by atoms with Crippen LogP contribution in [0.4, 0.5) is 0 Å². The average molecular weight is 355 g/mol. The number of nitrogens with zero attached hydrogens (tertiary/aromatic N) is 1. The van der Waals surface area contributed by atoms with Crippen molar-refractivity contribution in [3.63, 3.8) is 0 Å². The van der Waals surface area contributed by atoms with E-state index in [0.717, 1.165) is 0 Å². The van der Waals surface area contributed by atoms with Crippen molar-refractivity contribution in [3.8, 4) is 0 Å². The van der Waals surface area contributed by atoms with Crippen LogP contribution >= 0.6 is 0 Å². The number of hydrogen-bond acceptors (Lipinski definition) is 0. The van der Waals surface area contributed by atoms with Gasteiger partial charge < -0.3 is 4.48 Å². The van der Waals surface area contributed by atoms with E-state index < -0.39 is 0 Å². The Balaban J connectivity index is 3.44. The molecule has 0 aliphatic carbocycles. The Bertz CT molecular complexity index is 278. The summed E-state index contributed by atoms with van der Waals surface area (Å²) in [6, 6.07) is 0. The maximum atomic E-state index is 2.47. The molecule has 0 saturated carbocycles. The third-order valence-corrected chi connectivity index (χ3v) is 7.00. The molecule has 0 unspecified atom stereocenters. The van der Waals surface area contributed by atoms with Gasteiger partial charge in [0.05, 0.1) is 25.7 Å². The predicted octanol–water partition coefficient (Wildman–Crippen LogP) is 8.12. The lowest BCUT2D eigenvalue weighted by Gasteiger charge is -2.47. The standard InChI is InChI=1S/C24H52N/c1-7-10-11-12-13-14-15-16-17-18-19-20-21-22-23-24(4,5)25(6,8-2)9-3/h7-23H2,1-6H3/q+1. The Kier molecular flexibility index (Phi) is 15.0. The second kappa shape index (κ2) is 15.1. The molecule has 0 bridgehead atoms. The first-order chi connectivity index (χ1) is 11.9. The zero-order chi connectivity index (χ0) is 19.0. The summed E-state index contributed by atoms with van der Waals surface area (Å²) in [5, 5.41) is 0. The predicted molar refractivity (Wildman–Crippen MR) is 116 cm³/mol. The molecule has 0 rings (SSSR count). The summed E-state index contributed by atoms with van der Waals surface area (Å²) in [5.74, 6) is 0. The Morgan fingerprint density at radius 3 is 1.16 bits per heavy atom. The molecule has 1 heteroatoms. The molecule has 0 heterocycles. The fourth-order valence-corrected chi connectivity index (χ4v) is 4.10. The van der Waals surface area contributed by atoms with Crippen LogP contribution in [-0.2, 0) is 0 Å². The van der Waals surface area contributed by atoms with Gasteiger partial charge in [-0.2, -0.15) is 0 Å². The van der Waals surface area contributed by atoms with E-state index in [1.54, 1.807) is 0 Å². The molecular weight excluding hydrogens is 302 g/mol. The second-order valence-electron chi connectivity index (χ2n) is 9.19. The molecule has 0 aromatic rings. The van der Waals surface area contributed by atoms with Crippen molar-refractivity contribution in [2.45, 2.75) is 136 Å². The zero-order valence-electron chi connectivity index (χ0n) is 19.0. The van der Waals surface area contributed by atoms with Crippen molar-refractivity contribution >= 4 is 0 Å². The topological polar surface area (TPSA) is 0 Å². The summed E-state index contributed by atoms with van der Waals surface area (Å²) in [6.45, 7) is 14.4. The van der Waals surface area contributed by atoms with Gasteiger partial charge in [-0.15, -0.1) is 0 Å². The van der Waals surface area contributed by atoms with Gasteiger partial charge in [0.2, 0.25) is 0 Å². The molecule has 0 aliphatic heterocycles. The van der Waals surface area contributed by atoms with E-state index in [1.807, 2.05) is 0 Å². The average Bonchev–Trinajstić information content (AvgIpc) is 2.61. The van der Waals surface area contributed by atoms with Crippen molar-refractivity contribution in [1.29, 1.82) is 0 Å². The van der Waals surface area contributed by atoms with Crippen molar-refractivity contribution in [3.05, 3.63) is 0 Å². The van der Waals surface area contributed by atoms with E-state index in [1.165, 1.54) is 114 Å². The summed E-state index contributed by atoms with van der Waals surface area (Å²) < 4.78 is 1.21. The fourth-order valence-electron chi connectivity index (χ4n) is 4.10. The van der Waals surface area contributed by atoms with Crippen LogP contribution in [0.1, 0.15) is 131 Å². The highest BCUT2D eigenvalue weighted by Gasteiger charge is 2.36. The number of quaternary nitrogens is 1. The van der Waals surface area contributed by atoms with Gasteiger partial charge >= 0.3 is 0 Å². The first-order valence-corrected chi connectivity index (χ1v) is 11.8. The van der Waals surface area contributed by atoms with Crippen LogP contribution in [0, 0.1) is 0 Å². The van der Waals surface area contributed by atoms with Crippen LogP contribution in [0.2, 0.25) is 0 Å². The van der Waals surface area contributed by atoms with Gasteiger partial charge in [0, 0.05) is 6.42 Å². The van der Waals surface area contributed by atoms with Gasteiger partial charge in [0.15, 0.2) is 0 Å². The van der Waals surface area contributed by atoms with Gasteiger partial charge in [-0.1, -0.05) is 90.4 Å². The molecule has 0 aliphatic rings. The summed E-state index contributed by atoms with van der Waals surface area (Å²) in [4.78, 5) is 0. The zero-order valence-corrected chi connectivity index (χ0v) is 19.0. The van der Waals surface area contributed by atoms with Crippen molar-refractivity contribution in [2.24, 2.45) is 0 Å². The molecular formula is C24H52N+. The lowest BCUT2D eigenvalue weighted by atomic mass is 9.91. The summed E-state index contributed by atoms with van der Waals surface area (Å²) in [6.07, 6.45) is 21.7. The van der Waals surface area contributed by atoms with Crippen LogP contribution in [0.15, 0.2) is 0 Å². The number of hydrogen-bond donors (Lipinski definition) is 0. The van der Waals surface area contributed by atoms with E-state index in [0.29, 0.717) is 5.54 Å². The molecule has 0 spiro atoms. The molecule has 0 N–H and O–H groups in total. The highest BCUT2D eigenvalue weighted by Crippen LogP contribution is 2.28. The van der Waals surface area contributed by atoms with Crippen LogP contribution in [0.3, 0.4) is 0 Å². The molecule has 0 radical (unpaired) electrons. The summed E-state index contributed by atoms with van der Waals surface area (Å²) in [5.41, 5.74) is 0.431. The van der Waals surface area contributed by atoms with Crippen LogP contribution in [0.5, 0.6) is 0 Å². The van der Waals surface area contributed by atoms with Crippen LogP contribution in [-0.4, -0.2) is 30.2 Å². The van der Waals surface area contributed by atoms with E-state index in [9.17, 15) is 0 Å². The minimum absolute atomic E-state index is 0.431. The maximum absolute atomic E-state index is 2.47. The van der Waals surface area contributed by atoms with E-state index in [4.69, 9.17) is 0 Å². The fraction of sp³-hybridized carbons (Fsp3) is 1.00. The van der Waals surface area contributed by atoms with Crippen molar-refractivity contribution in [1.82, 2.24) is 0 Å². The third-order valence-electron chi connectivity index (χ3n) is 7.00. The molecule has 0 saturated heterocycles. The van der Waals surface area contributed by atoms with Crippen LogP contribution in [0.25, 0.3) is 0 Å². The Morgan fingerprint density at radius 2 is 0.840 bits per heavy atom. The van der Waals surface area contributed by atoms with E-state index in [-0.39, 0.29) is 0 Å². The lowest BCUT2D eigenvalue weighted by Crippen LogP contribution is -2.58. The highest BCUT2D eigenvalue weighted by atomic mass is 15.4. The molecule has 25 heavy (non-hydrogen) atoms. The Labute approximate surface area is 161 Å². The van der Waals surface area contributed by atoms with Crippen LogP contribution < -0.4 is 0 Å². The summed E-state index contributed by atoms with van der Waals surface area (Å²) >= 11 is 0. The van der Waals surface area contributed by atoms with E-state index in [2.05, 4.69) is 41.7 Å². The molecule has 0 aromatic carbocycles. The number of rotatable bonds is 18. The lowest BCUT2D eigenvalue weighted by molar-refractivity contribution is -0.952. The molecule has 152 valence electrons. The first kappa shape index (κ1) is 25.0. The molecule has 1 nitrogen and oxygen atoms in total. The largest absolute Gasteiger partial charge is 0.322 e. The smallest absolute Gasteiger partial charge is 0.0933 e. The van der Waals surface area contributed by atoms with Gasteiger partial charge in [-0.3, -0.25) is 0 Å². The second-order valence-corrected chi connectivity index (χ2v) is 9.19. The highest BCUT2D eigenvalue weighted by molar-refractivity contribution is 4.70. The van der Waals surface area contributed by atoms with Crippen molar-refractivity contribution < 1.29 is 4.48 Å². The minimum Gasteiger partial charge on any atom is -0.322 e. The SMILES string of the molecule is CCCCCCCCCCCCCCCCC(C)(C)[N+](C)(CC)CC. The van der Waals surface area contributed by atoms with Gasteiger partial charge in [-0.05, 0) is 34.1 Å². The summed E-state index contributed by atoms with van der Waals surface area (Å²) in [7, 11) is 2.43. The molecule has 0 aromatic heterocycles. The van der Waals surface area contributed by atoms with E-state index >= 15 is 0 Å². The van der Waals surface area contributed by atoms with Crippen molar-refractivity contribution in [2.75, 3.05) is 20.1 Å². The third kappa shape index (κ3) is 11.3. The van der Waals surface area contributed by atoms with Gasteiger partial charge in [0.1, 0.15) is 0 Å².